The summed E-state index contributed by atoms with van der Waals surface area (Å²) in [6, 6.07) is 0.400. The van der Waals surface area contributed by atoms with Crippen LogP contribution in [-0.2, 0) is 9.59 Å². The molecule has 1 aliphatic rings. The highest BCUT2D eigenvalue weighted by molar-refractivity contribution is 5.81. The number of rotatable bonds is 4. The van der Waals surface area contributed by atoms with Crippen molar-refractivity contribution in [2.45, 2.75) is 38.6 Å². The van der Waals surface area contributed by atoms with Gasteiger partial charge in [0, 0.05) is 13.0 Å². The Balaban J connectivity index is 2.36. The third-order valence-electron chi connectivity index (χ3n) is 2.97. The molecule has 1 saturated heterocycles. The molecule has 0 aromatic rings. The van der Waals surface area contributed by atoms with Crippen molar-refractivity contribution in [3.05, 3.63) is 0 Å². The van der Waals surface area contributed by atoms with E-state index >= 15 is 0 Å². The quantitative estimate of drug-likeness (QED) is 0.572. The average molecular weight is 242 g/mol. The number of carbonyl (C=O) groups excluding carboxylic acids is 2. The van der Waals surface area contributed by atoms with Gasteiger partial charge in [-0.2, -0.15) is 0 Å². The lowest BCUT2D eigenvalue weighted by molar-refractivity contribution is -0.129. The number of nitrogens with two attached hydrogens (primary N) is 1. The van der Waals surface area contributed by atoms with Gasteiger partial charge in [-0.1, -0.05) is 6.42 Å². The standard InChI is InChI=1S/C11H22N4O2/c1-9(16)13-14-11(17)8-15-7-3-2-4-10(15)5-6-12/h10H,2-8,12H2,1H3,(H,13,16)(H,14,17). The highest BCUT2D eigenvalue weighted by Gasteiger charge is 2.23. The lowest BCUT2D eigenvalue weighted by Gasteiger charge is -2.34. The number of nitrogens with one attached hydrogen (secondary N) is 2. The van der Waals surface area contributed by atoms with E-state index < -0.39 is 0 Å². The highest BCUT2D eigenvalue weighted by atomic mass is 16.2. The van der Waals surface area contributed by atoms with Crippen molar-refractivity contribution in [3.8, 4) is 0 Å². The molecule has 0 spiro atoms. The van der Waals surface area contributed by atoms with Crippen LogP contribution in [0.15, 0.2) is 0 Å². The molecule has 0 aliphatic carbocycles. The number of hydrogen-bond donors (Lipinski definition) is 3. The fourth-order valence-electron chi connectivity index (χ4n) is 2.17. The number of nitrogens with zero attached hydrogens (tertiary/aromatic N) is 1. The minimum absolute atomic E-state index is 0.177. The maximum absolute atomic E-state index is 11.6. The van der Waals surface area contributed by atoms with Crippen molar-refractivity contribution < 1.29 is 9.59 Å². The highest BCUT2D eigenvalue weighted by Crippen LogP contribution is 2.18. The zero-order valence-corrected chi connectivity index (χ0v) is 10.4. The van der Waals surface area contributed by atoms with Crippen LogP contribution in [0.5, 0.6) is 0 Å². The molecule has 1 heterocycles. The third-order valence-corrected chi connectivity index (χ3v) is 2.97. The molecule has 6 heteroatoms. The molecule has 0 radical (unpaired) electrons. The molecule has 98 valence electrons. The van der Waals surface area contributed by atoms with Crippen LogP contribution in [0.25, 0.3) is 0 Å². The zero-order chi connectivity index (χ0) is 12.7. The third kappa shape index (κ3) is 5.14. The zero-order valence-electron chi connectivity index (χ0n) is 10.4. The van der Waals surface area contributed by atoms with Gasteiger partial charge in [0.25, 0.3) is 5.91 Å². The number of hydrogen-bond acceptors (Lipinski definition) is 4. The van der Waals surface area contributed by atoms with Crippen LogP contribution in [0.1, 0.15) is 32.6 Å². The Labute approximate surface area is 102 Å². The van der Waals surface area contributed by atoms with Crippen LogP contribution < -0.4 is 16.6 Å². The summed E-state index contributed by atoms with van der Waals surface area (Å²) >= 11 is 0. The summed E-state index contributed by atoms with van der Waals surface area (Å²) in [4.78, 5) is 24.4. The molecular formula is C11H22N4O2. The van der Waals surface area contributed by atoms with E-state index in [9.17, 15) is 9.59 Å². The monoisotopic (exact) mass is 242 g/mol. The van der Waals surface area contributed by atoms with Gasteiger partial charge in [0.05, 0.1) is 6.54 Å². The van der Waals surface area contributed by atoms with E-state index in [-0.39, 0.29) is 11.8 Å². The van der Waals surface area contributed by atoms with Crippen LogP contribution in [0, 0.1) is 0 Å². The van der Waals surface area contributed by atoms with Crippen molar-refractivity contribution in [2.24, 2.45) is 5.73 Å². The first-order valence-electron chi connectivity index (χ1n) is 6.13. The lowest BCUT2D eigenvalue weighted by Crippen LogP contribution is -2.49. The SMILES string of the molecule is CC(=O)NNC(=O)CN1CCCCC1CCN. The van der Waals surface area contributed by atoms with E-state index in [2.05, 4.69) is 15.8 Å². The van der Waals surface area contributed by atoms with Crippen LogP contribution in [0.2, 0.25) is 0 Å². The second kappa shape index (κ2) is 7.24. The fraction of sp³-hybridized carbons (Fsp3) is 0.818. The maximum Gasteiger partial charge on any atom is 0.252 e. The molecule has 17 heavy (non-hydrogen) atoms. The van der Waals surface area contributed by atoms with Gasteiger partial charge in [0.1, 0.15) is 0 Å². The van der Waals surface area contributed by atoms with Crippen molar-refractivity contribution in [2.75, 3.05) is 19.6 Å². The second-order valence-corrected chi connectivity index (χ2v) is 4.43. The van der Waals surface area contributed by atoms with Gasteiger partial charge in [-0.3, -0.25) is 25.3 Å². The van der Waals surface area contributed by atoms with Gasteiger partial charge in [-0.25, -0.2) is 0 Å². The molecule has 6 nitrogen and oxygen atoms in total. The Morgan fingerprint density at radius 2 is 2.12 bits per heavy atom. The van der Waals surface area contributed by atoms with Gasteiger partial charge in [0.2, 0.25) is 5.91 Å². The molecule has 0 bridgehead atoms. The van der Waals surface area contributed by atoms with E-state index in [4.69, 9.17) is 5.73 Å². The number of carbonyl (C=O) groups is 2. The van der Waals surface area contributed by atoms with E-state index in [1.807, 2.05) is 0 Å². The summed E-state index contributed by atoms with van der Waals surface area (Å²) in [6.07, 6.45) is 4.35. The number of piperidine rings is 1. The lowest BCUT2D eigenvalue weighted by atomic mass is 9.99. The topological polar surface area (TPSA) is 87.5 Å². The summed E-state index contributed by atoms with van der Waals surface area (Å²) in [5.41, 5.74) is 10.2. The summed E-state index contributed by atoms with van der Waals surface area (Å²) < 4.78 is 0. The van der Waals surface area contributed by atoms with Crippen molar-refractivity contribution >= 4 is 11.8 Å². The Morgan fingerprint density at radius 1 is 1.35 bits per heavy atom. The number of amides is 2. The van der Waals surface area contributed by atoms with E-state index in [0.29, 0.717) is 19.1 Å². The Hall–Kier alpha value is -1.14. The molecule has 1 rings (SSSR count). The first kappa shape index (κ1) is 13.9. The van der Waals surface area contributed by atoms with Gasteiger partial charge in [-0.15, -0.1) is 0 Å². The Bertz CT molecular complexity index is 268. The van der Waals surface area contributed by atoms with Crippen molar-refractivity contribution in [1.82, 2.24) is 15.8 Å². The largest absolute Gasteiger partial charge is 0.330 e. The molecule has 1 atom stereocenters. The molecule has 1 aliphatic heterocycles. The maximum atomic E-state index is 11.6. The first-order chi connectivity index (χ1) is 8.13. The molecule has 0 saturated carbocycles. The first-order valence-corrected chi connectivity index (χ1v) is 6.13. The van der Waals surface area contributed by atoms with Crippen LogP contribution in [0.4, 0.5) is 0 Å². The Kier molecular flexibility index (Phi) is 5.93. The van der Waals surface area contributed by atoms with Crippen LogP contribution in [-0.4, -0.2) is 42.4 Å². The average Bonchev–Trinajstić information content (AvgIpc) is 2.29. The van der Waals surface area contributed by atoms with E-state index in [1.165, 1.54) is 13.3 Å². The predicted molar refractivity (Wildman–Crippen MR) is 64.8 cm³/mol. The molecule has 0 aromatic carbocycles. The minimum Gasteiger partial charge on any atom is -0.330 e. The predicted octanol–water partition coefficient (Wildman–Crippen LogP) is -0.643. The van der Waals surface area contributed by atoms with Gasteiger partial charge >= 0.3 is 0 Å². The molecule has 1 unspecified atom stereocenters. The van der Waals surface area contributed by atoms with Gasteiger partial charge in [0.15, 0.2) is 0 Å². The fourth-order valence-corrected chi connectivity index (χ4v) is 2.17. The van der Waals surface area contributed by atoms with Crippen molar-refractivity contribution in [3.63, 3.8) is 0 Å². The minimum atomic E-state index is -0.268. The van der Waals surface area contributed by atoms with Crippen LogP contribution in [0.3, 0.4) is 0 Å². The second-order valence-electron chi connectivity index (χ2n) is 4.43. The van der Waals surface area contributed by atoms with E-state index in [1.54, 1.807) is 0 Å². The number of hydrazine groups is 1. The molecular weight excluding hydrogens is 220 g/mol. The summed E-state index contributed by atoms with van der Waals surface area (Å²) in [7, 11) is 0. The number of likely N-dealkylation sites (tertiary alicyclic amines) is 1. The molecule has 2 amide bonds. The van der Waals surface area contributed by atoms with Crippen molar-refractivity contribution in [1.29, 1.82) is 0 Å². The summed E-state index contributed by atoms with van der Waals surface area (Å²) in [6.45, 7) is 3.26. The van der Waals surface area contributed by atoms with Gasteiger partial charge in [-0.05, 0) is 32.4 Å². The van der Waals surface area contributed by atoms with E-state index in [0.717, 1.165) is 25.8 Å². The van der Waals surface area contributed by atoms with Gasteiger partial charge < -0.3 is 5.73 Å². The normalized spacial score (nSPS) is 20.9. The molecule has 1 fully saturated rings. The molecule has 0 aromatic heterocycles. The van der Waals surface area contributed by atoms with Crippen LogP contribution >= 0.6 is 0 Å². The molecule has 4 N–H and O–H groups in total. The Morgan fingerprint density at radius 3 is 2.76 bits per heavy atom. The summed E-state index contributed by atoms with van der Waals surface area (Å²) in [5.74, 6) is -0.445. The summed E-state index contributed by atoms with van der Waals surface area (Å²) in [5, 5.41) is 0. The smallest absolute Gasteiger partial charge is 0.252 e.